The van der Waals surface area contributed by atoms with Gasteiger partial charge in [0, 0.05) is 5.56 Å². The summed E-state index contributed by atoms with van der Waals surface area (Å²) in [5, 5.41) is 14.0. The number of nitrogens with one attached hydrogen (secondary N) is 1. The van der Waals surface area contributed by atoms with Crippen LogP contribution in [0.1, 0.15) is 11.1 Å². The first-order valence-electron chi connectivity index (χ1n) is 6.44. The molecular weight excluding hydrogens is 379 g/mol. The first-order valence-corrected chi connectivity index (χ1v) is 7.52. The number of nitrogens with zero attached hydrogens (tertiary/aromatic N) is 3. The van der Waals surface area contributed by atoms with E-state index in [0.29, 0.717) is 12.4 Å². The standard InChI is InChI=1S/C15H13IN4O/c1-10-3-2-4-11(7-10)9-21-14-6-5-12(8-13(14)16)15-17-19-20-18-15/h2-8H,9H2,1H3,(H,17,18,19,20). The number of halogens is 1. The quantitative estimate of drug-likeness (QED) is 0.692. The van der Waals surface area contributed by atoms with E-state index in [1.165, 1.54) is 5.56 Å². The van der Waals surface area contributed by atoms with Crippen molar-refractivity contribution in [2.24, 2.45) is 0 Å². The lowest BCUT2D eigenvalue weighted by Crippen LogP contribution is -1.97. The molecule has 0 aliphatic rings. The van der Waals surface area contributed by atoms with E-state index in [4.69, 9.17) is 4.74 Å². The van der Waals surface area contributed by atoms with Gasteiger partial charge in [-0.25, -0.2) is 0 Å². The number of hydrogen-bond donors (Lipinski definition) is 1. The second-order valence-electron chi connectivity index (χ2n) is 4.66. The minimum absolute atomic E-state index is 0.555. The monoisotopic (exact) mass is 392 g/mol. The first kappa shape index (κ1) is 14.0. The Morgan fingerprint density at radius 3 is 2.81 bits per heavy atom. The Morgan fingerprint density at radius 2 is 2.10 bits per heavy atom. The second-order valence-corrected chi connectivity index (χ2v) is 5.82. The largest absolute Gasteiger partial charge is 0.488 e. The molecular formula is C15H13IN4O. The van der Waals surface area contributed by atoms with Gasteiger partial charge in [0.25, 0.3) is 0 Å². The van der Waals surface area contributed by atoms with Crippen molar-refractivity contribution in [3.63, 3.8) is 0 Å². The zero-order chi connectivity index (χ0) is 14.7. The Morgan fingerprint density at radius 1 is 1.19 bits per heavy atom. The predicted octanol–water partition coefficient (Wildman–Crippen LogP) is 3.36. The zero-order valence-electron chi connectivity index (χ0n) is 11.4. The van der Waals surface area contributed by atoms with E-state index >= 15 is 0 Å². The lowest BCUT2D eigenvalue weighted by molar-refractivity contribution is 0.304. The maximum absolute atomic E-state index is 5.88. The van der Waals surface area contributed by atoms with Gasteiger partial charge >= 0.3 is 0 Å². The van der Waals surface area contributed by atoms with Gasteiger partial charge in [-0.3, -0.25) is 0 Å². The fraction of sp³-hybridized carbons (Fsp3) is 0.133. The number of aromatic amines is 1. The molecule has 6 heteroatoms. The van der Waals surface area contributed by atoms with Gasteiger partial charge in [-0.1, -0.05) is 29.8 Å². The molecule has 0 aliphatic carbocycles. The lowest BCUT2D eigenvalue weighted by Gasteiger charge is -2.09. The summed E-state index contributed by atoms with van der Waals surface area (Å²) >= 11 is 2.25. The second kappa shape index (κ2) is 6.21. The van der Waals surface area contributed by atoms with Crippen LogP contribution in [0.4, 0.5) is 0 Å². The molecule has 1 heterocycles. The van der Waals surface area contributed by atoms with Crippen molar-refractivity contribution in [1.29, 1.82) is 0 Å². The minimum Gasteiger partial charge on any atom is -0.488 e. The van der Waals surface area contributed by atoms with Gasteiger partial charge in [0.2, 0.25) is 5.82 Å². The number of aromatic nitrogens is 4. The smallest absolute Gasteiger partial charge is 0.204 e. The van der Waals surface area contributed by atoms with Gasteiger partial charge in [-0.05, 0) is 58.5 Å². The number of tetrazole rings is 1. The SMILES string of the molecule is Cc1cccc(COc2ccc(-c3nn[nH]n3)cc2I)c1. The predicted molar refractivity (Wildman–Crippen MR) is 87.8 cm³/mol. The fourth-order valence-corrected chi connectivity index (χ4v) is 2.68. The highest BCUT2D eigenvalue weighted by Gasteiger charge is 2.07. The average molecular weight is 392 g/mol. The molecule has 0 atom stereocenters. The van der Waals surface area contributed by atoms with E-state index in [1.54, 1.807) is 0 Å². The number of ether oxygens (including phenoxy) is 1. The van der Waals surface area contributed by atoms with Crippen LogP contribution in [0.25, 0.3) is 11.4 Å². The van der Waals surface area contributed by atoms with Crippen molar-refractivity contribution < 1.29 is 4.74 Å². The van der Waals surface area contributed by atoms with Crippen LogP contribution in [0.2, 0.25) is 0 Å². The van der Waals surface area contributed by atoms with Crippen LogP contribution < -0.4 is 4.74 Å². The Balaban J connectivity index is 1.74. The molecule has 21 heavy (non-hydrogen) atoms. The Hall–Kier alpha value is -1.96. The van der Waals surface area contributed by atoms with Gasteiger partial charge in [-0.2, -0.15) is 5.21 Å². The van der Waals surface area contributed by atoms with E-state index in [1.807, 2.05) is 24.3 Å². The fourth-order valence-electron chi connectivity index (χ4n) is 2.00. The van der Waals surface area contributed by atoms with Crippen LogP contribution >= 0.6 is 22.6 Å². The van der Waals surface area contributed by atoms with Crippen molar-refractivity contribution in [3.8, 4) is 17.1 Å². The summed E-state index contributed by atoms with van der Waals surface area (Å²) in [5.74, 6) is 1.43. The van der Waals surface area contributed by atoms with Crippen molar-refractivity contribution in [3.05, 3.63) is 57.2 Å². The third kappa shape index (κ3) is 3.38. The molecule has 1 N–H and O–H groups in total. The lowest BCUT2D eigenvalue weighted by atomic mass is 10.1. The maximum atomic E-state index is 5.88. The topological polar surface area (TPSA) is 63.7 Å². The number of aryl methyl sites for hydroxylation is 1. The van der Waals surface area contributed by atoms with Gasteiger partial charge in [-0.15, -0.1) is 10.2 Å². The summed E-state index contributed by atoms with van der Waals surface area (Å²) < 4.78 is 6.89. The molecule has 5 nitrogen and oxygen atoms in total. The van der Waals surface area contributed by atoms with Gasteiger partial charge in [0.1, 0.15) is 12.4 Å². The summed E-state index contributed by atoms with van der Waals surface area (Å²) in [7, 11) is 0. The summed E-state index contributed by atoms with van der Waals surface area (Å²) in [5.41, 5.74) is 3.31. The van der Waals surface area contributed by atoms with Crippen molar-refractivity contribution in [1.82, 2.24) is 20.6 Å². The summed E-state index contributed by atoms with van der Waals surface area (Å²) in [6, 6.07) is 14.2. The molecule has 0 saturated carbocycles. The highest BCUT2D eigenvalue weighted by molar-refractivity contribution is 14.1. The van der Waals surface area contributed by atoms with Gasteiger partial charge in [0.05, 0.1) is 3.57 Å². The van der Waals surface area contributed by atoms with Gasteiger partial charge in [0.15, 0.2) is 0 Å². The highest BCUT2D eigenvalue weighted by atomic mass is 127. The van der Waals surface area contributed by atoms with Crippen molar-refractivity contribution >= 4 is 22.6 Å². The number of benzene rings is 2. The van der Waals surface area contributed by atoms with Crippen LogP contribution in [-0.4, -0.2) is 20.6 Å². The summed E-state index contributed by atoms with van der Waals surface area (Å²) in [4.78, 5) is 0. The highest BCUT2D eigenvalue weighted by Crippen LogP contribution is 2.26. The van der Waals surface area contributed by atoms with E-state index < -0.39 is 0 Å². The average Bonchev–Trinajstić information content (AvgIpc) is 3.00. The van der Waals surface area contributed by atoms with Crippen LogP contribution in [0.3, 0.4) is 0 Å². The van der Waals surface area contributed by atoms with Crippen LogP contribution in [0, 0.1) is 10.5 Å². The zero-order valence-corrected chi connectivity index (χ0v) is 13.5. The Labute approximate surface area is 135 Å². The summed E-state index contributed by atoms with van der Waals surface area (Å²) in [6.07, 6.45) is 0. The van der Waals surface area contributed by atoms with E-state index in [0.717, 1.165) is 20.4 Å². The Bertz CT molecular complexity index is 743. The van der Waals surface area contributed by atoms with Gasteiger partial charge < -0.3 is 4.74 Å². The number of hydrogen-bond acceptors (Lipinski definition) is 4. The van der Waals surface area contributed by atoms with E-state index in [9.17, 15) is 0 Å². The molecule has 2 aromatic carbocycles. The first-order chi connectivity index (χ1) is 10.2. The van der Waals surface area contributed by atoms with Crippen LogP contribution in [-0.2, 0) is 6.61 Å². The molecule has 0 unspecified atom stereocenters. The molecule has 0 aliphatic heterocycles. The summed E-state index contributed by atoms with van der Waals surface area (Å²) in [6.45, 7) is 2.63. The normalized spacial score (nSPS) is 10.6. The molecule has 3 aromatic rings. The molecule has 0 saturated heterocycles. The minimum atomic E-state index is 0.555. The molecule has 0 amide bonds. The Kier molecular flexibility index (Phi) is 4.14. The van der Waals surface area contributed by atoms with Crippen LogP contribution in [0.5, 0.6) is 5.75 Å². The molecule has 0 fully saturated rings. The van der Waals surface area contributed by atoms with E-state index in [2.05, 4.69) is 68.3 Å². The molecule has 3 rings (SSSR count). The van der Waals surface area contributed by atoms with E-state index in [-0.39, 0.29) is 0 Å². The molecule has 0 spiro atoms. The molecule has 106 valence electrons. The maximum Gasteiger partial charge on any atom is 0.204 e. The molecule has 0 bridgehead atoms. The van der Waals surface area contributed by atoms with Crippen LogP contribution in [0.15, 0.2) is 42.5 Å². The van der Waals surface area contributed by atoms with Crippen molar-refractivity contribution in [2.45, 2.75) is 13.5 Å². The van der Waals surface area contributed by atoms with Crippen molar-refractivity contribution in [2.75, 3.05) is 0 Å². The molecule has 1 aromatic heterocycles. The number of rotatable bonds is 4. The third-order valence-electron chi connectivity index (χ3n) is 3.01. The third-order valence-corrected chi connectivity index (χ3v) is 3.86. The molecule has 0 radical (unpaired) electrons. The number of H-pyrrole nitrogens is 1.